The van der Waals surface area contributed by atoms with Crippen molar-refractivity contribution in [3.63, 3.8) is 0 Å². The van der Waals surface area contributed by atoms with Crippen LogP contribution in [-0.2, 0) is 13.0 Å². The number of nitrogens with one attached hydrogen (secondary N) is 1. The average Bonchev–Trinajstić information content (AvgIpc) is 3.18. The highest BCUT2D eigenvalue weighted by Crippen LogP contribution is 2.40. The minimum atomic E-state index is -0.172. The average molecular weight is 312 g/mol. The van der Waals surface area contributed by atoms with Gasteiger partial charge in [0, 0.05) is 17.7 Å². The number of hydrogen-bond donors (Lipinski definition) is 1. The van der Waals surface area contributed by atoms with Crippen molar-refractivity contribution in [1.82, 2.24) is 19.7 Å². The van der Waals surface area contributed by atoms with Gasteiger partial charge in [0.2, 0.25) is 0 Å². The van der Waals surface area contributed by atoms with Gasteiger partial charge in [0.05, 0.1) is 12.2 Å². The molecular weight excluding hydrogens is 296 g/mol. The molecule has 1 aliphatic carbocycles. The van der Waals surface area contributed by atoms with E-state index in [-0.39, 0.29) is 5.69 Å². The molecule has 0 bridgehead atoms. The second-order valence-corrected chi connectivity index (χ2v) is 6.58. The lowest BCUT2D eigenvalue weighted by Crippen LogP contribution is -2.18. The van der Waals surface area contributed by atoms with E-state index in [1.165, 1.54) is 23.2 Å². The normalized spacial score (nSPS) is 14.4. The third kappa shape index (κ3) is 2.87. The van der Waals surface area contributed by atoms with Crippen molar-refractivity contribution in [3.8, 4) is 0 Å². The zero-order valence-corrected chi connectivity index (χ0v) is 12.8. The Morgan fingerprint density at radius 1 is 1.27 bits per heavy atom. The quantitative estimate of drug-likeness (QED) is 0.787. The van der Waals surface area contributed by atoms with Crippen molar-refractivity contribution in [2.24, 2.45) is 0 Å². The Kier molecular flexibility index (Phi) is 3.38. The largest absolute Gasteiger partial charge is 0.343 e. The highest BCUT2D eigenvalue weighted by molar-refractivity contribution is 7.09. The van der Waals surface area contributed by atoms with Crippen LogP contribution in [0.15, 0.2) is 40.5 Å². The molecule has 1 aromatic carbocycles. The number of nitrogens with zero attached hydrogens (tertiary/aromatic N) is 3. The molecule has 1 aliphatic rings. The summed E-state index contributed by atoms with van der Waals surface area (Å²) in [5.74, 6) is 1.34. The van der Waals surface area contributed by atoms with Crippen LogP contribution in [0.1, 0.15) is 40.8 Å². The van der Waals surface area contributed by atoms with Gasteiger partial charge in [0.25, 0.3) is 0 Å². The van der Waals surface area contributed by atoms with Gasteiger partial charge in [0.15, 0.2) is 0 Å². The molecule has 4 rings (SSSR count). The van der Waals surface area contributed by atoms with Crippen LogP contribution in [0.4, 0.5) is 0 Å². The molecule has 22 heavy (non-hydrogen) atoms. The number of aromatic amines is 1. The van der Waals surface area contributed by atoms with Crippen molar-refractivity contribution < 1.29 is 0 Å². The Balaban J connectivity index is 1.51. The van der Waals surface area contributed by atoms with Crippen LogP contribution in [0.25, 0.3) is 0 Å². The highest BCUT2D eigenvalue weighted by atomic mass is 32.1. The predicted octanol–water partition coefficient (Wildman–Crippen LogP) is 2.54. The van der Waals surface area contributed by atoms with Crippen molar-refractivity contribution in [2.45, 2.75) is 31.7 Å². The number of aromatic nitrogens is 4. The molecule has 0 atom stereocenters. The summed E-state index contributed by atoms with van der Waals surface area (Å²) in [4.78, 5) is 19.4. The molecule has 0 aliphatic heterocycles. The fourth-order valence-corrected chi connectivity index (χ4v) is 3.33. The Morgan fingerprint density at radius 2 is 2.09 bits per heavy atom. The summed E-state index contributed by atoms with van der Waals surface area (Å²) in [5.41, 5.74) is 2.14. The van der Waals surface area contributed by atoms with Gasteiger partial charge >= 0.3 is 5.69 Å². The molecule has 0 unspecified atom stereocenters. The van der Waals surface area contributed by atoms with Gasteiger partial charge < -0.3 is 0 Å². The summed E-state index contributed by atoms with van der Waals surface area (Å²) in [6, 6.07) is 10.0. The first-order valence-corrected chi connectivity index (χ1v) is 8.30. The fourth-order valence-electron chi connectivity index (χ4n) is 2.47. The predicted molar refractivity (Wildman–Crippen MR) is 85.3 cm³/mol. The molecule has 0 amide bonds. The van der Waals surface area contributed by atoms with E-state index in [4.69, 9.17) is 0 Å². The Morgan fingerprint density at radius 3 is 2.86 bits per heavy atom. The minimum Gasteiger partial charge on any atom is -0.292 e. The van der Waals surface area contributed by atoms with Gasteiger partial charge in [-0.3, -0.25) is 4.98 Å². The molecule has 2 heterocycles. The van der Waals surface area contributed by atoms with E-state index in [0.29, 0.717) is 24.7 Å². The molecule has 1 saturated carbocycles. The van der Waals surface area contributed by atoms with Crippen LogP contribution in [0, 0.1) is 0 Å². The lowest BCUT2D eigenvalue weighted by Gasteiger charge is -1.97. The molecule has 0 saturated heterocycles. The van der Waals surface area contributed by atoms with Crippen molar-refractivity contribution in [1.29, 1.82) is 0 Å². The van der Waals surface area contributed by atoms with Gasteiger partial charge in [0.1, 0.15) is 10.8 Å². The Hall–Kier alpha value is -2.21. The maximum absolute atomic E-state index is 12.0. The SMILES string of the molecule is O=c1[nH]c(Cc2ccccc2)nn1Cc1nc(C2CC2)cs1. The van der Waals surface area contributed by atoms with E-state index in [0.717, 1.165) is 10.6 Å². The number of benzene rings is 1. The number of H-pyrrole nitrogens is 1. The molecule has 112 valence electrons. The lowest BCUT2D eigenvalue weighted by molar-refractivity contribution is 0.647. The molecule has 0 spiro atoms. The van der Waals surface area contributed by atoms with Crippen molar-refractivity contribution >= 4 is 11.3 Å². The summed E-state index contributed by atoms with van der Waals surface area (Å²) < 4.78 is 1.47. The summed E-state index contributed by atoms with van der Waals surface area (Å²) >= 11 is 1.61. The van der Waals surface area contributed by atoms with Crippen LogP contribution >= 0.6 is 11.3 Å². The molecule has 0 radical (unpaired) electrons. The maximum atomic E-state index is 12.0. The van der Waals surface area contributed by atoms with E-state index in [1.54, 1.807) is 11.3 Å². The Bertz CT molecular complexity index is 829. The topological polar surface area (TPSA) is 63.6 Å². The van der Waals surface area contributed by atoms with Gasteiger partial charge in [-0.15, -0.1) is 11.3 Å². The minimum absolute atomic E-state index is 0.172. The van der Waals surface area contributed by atoms with E-state index < -0.39 is 0 Å². The van der Waals surface area contributed by atoms with E-state index >= 15 is 0 Å². The Labute approximate surface area is 131 Å². The summed E-state index contributed by atoms with van der Waals surface area (Å²) in [5, 5.41) is 7.44. The molecule has 2 aromatic heterocycles. The molecule has 6 heteroatoms. The first-order chi connectivity index (χ1) is 10.8. The summed E-state index contributed by atoms with van der Waals surface area (Å²) in [6.07, 6.45) is 3.12. The molecule has 5 nitrogen and oxygen atoms in total. The molecule has 1 N–H and O–H groups in total. The van der Waals surface area contributed by atoms with Crippen LogP contribution < -0.4 is 5.69 Å². The van der Waals surface area contributed by atoms with Gasteiger partial charge in [-0.2, -0.15) is 5.10 Å². The highest BCUT2D eigenvalue weighted by Gasteiger charge is 2.26. The van der Waals surface area contributed by atoms with Crippen LogP contribution in [0.2, 0.25) is 0 Å². The first kappa shape index (κ1) is 13.5. The second kappa shape index (κ2) is 5.53. The van der Waals surface area contributed by atoms with Crippen molar-refractivity contribution in [3.05, 3.63) is 68.3 Å². The maximum Gasteiger partial charge on any atom is 0.343 e. The zero-order chi connectivity index (χ0) is 14.9. The van der Waals surface area contributed by atoms with Crippen LogP contribution in [0.3, 0.4) is 0 Å². The van der Waals surface area contributed by atoms with Crippen LogP contribution in [-0.4, -0.2) is 19.7 Å². The van der Waals surface area contributed by atoms with Crippen molar-refractivity contribution in [2.75, 3.05) is 0 Å². The fraction of sp³-hybridized carbons (Fsp3) is 0.312. The third-order valence-corrected chi connectivity index (χ3v) is 4.64. The van der Waals surface area contributed by atoms with E-state index in [1.807, 2.05) is 30.3 Å². The molecule has 1 fully saturated rings. The third-order valence-electron chi connectivity index (χ3n) is 3.79. The first-order valence-electron chi connectivity index (χ1n) is 7.42. The number of thiazole rings is 1. The van der Waals surface area contributed by atoms with Gasteiger partial charge in [-0.25, -0.2) is 14.5 Å². The number of hydrogen-bond acceptors (Lipinski definition) is 4. The second-order valence-electron chi connectivity index (χ2n) is 5.64. The van der Waals surface area contributed by atoms with E-state index in [2.05, 4.69) is 20.4 Å². The van der Waals surface area contributed by atoms with Gasteiger partial charge in [-0.05, 0) is 18.4 Å². The number of rotatable bonds is 5. The lowest BCUT2D eigenvalue weighted by atomic mass is 10.1. The van der Waals surface area contributed by atoms with Gasteiger partial charge in [-0.1, -0.05) is 30.3 Å². The standard InChI is InChI=1S/C16H16N4OS/c21-16-18-14(8-11-4-2-1-3-5-11)19-20(16)9-15-17-13(10-22-15)12-6-7-12/h1-5,10,12H,6-9H2,(H,18,19,21). The van der Waals surface area contributed by atoms with Crippen LogP contribution in [0.5, 0.6) is 0 Å². The summed E-state index contributed by atoms with van der Waals surface area (Å²) in [7, 11) is 0. The summed E-state index contributed by atoms with van der Waals surface area (Å²) in [6.45, 7) is 0.446. The zero-order valence-electron chi connectivity index (χ0n) is 12.0. The smallest absolute Gasteiger partial charge is 0.292 e. The van der Waals surface area contributed by atoms with E-state index in [9.17, 15) is 4.79 Å². The molecule has 3 aromatic rings. The monoisotopic (exact) mass is 312 g/mol. The molecular formula is C16H16N4OS.